The van der Waals surface area contributed by atoms with Crippen LogP contribution in [0.2, 0.25) is 0 Å². The smallest absolute Gasteiger partial charge is 0.135 e. The predicted octanol–water partition coefficient (Wildman–Crippen LogP) is 2.83. The van der Waals surface area contributed by atoms with Gasteiger partial charge in [-0.15, -0.1) is 0 Å². The molecule has 4 nitrogen and oxygen atoms in total. The quantitative estimate of drug-likeness (QED) is 0.837. The zero-order valence-electron chi connectivity index (χ0n) is 14.4. The standard InChI is InChI=1S/C18H30N4/c1-4-10-21(3)12-15-9-11-22(13-15)18-16-7-5-6-8-17(16)19-14(2)20-18/h15H,4-13H2,1-3H3. The molecule has 0 amide bonds. The Bertz CT molecular complexity index is 514. The maximum Gasteiger partial charge on any atom is 0.135 e. The van der Waals surface area contributed by atoms with Gasteiger partial charge in [-0.25, -0.2) is 9.97 Å². The molecule has 4 heteroatoms. The summed E-state index contributed by atoms with van der Waals surface area (Å²) in [4.78, 5) is 14.5. The molecule has 22 heavy (non-hydrogen) atoms. The molecule has 0 aromatic carbocycles. The van der Waals surface area contributed by atoms with Gasteiger partial charge in [-0.05, 0) is 65.0 Å². The zero-order valence-corrected chi connectivity index (χ0v) is 14.4. The highest BCUT2D eigenvalue weighted by molar-refractivity contribution is 5.51. The van der Waals surface area contributed by atoms with Crippen LogP contribution in [0, 0.1) is 12.8 Å². The third kappa shape index (κ3) is 3.43. The van der Waals surface area contributed by atoms with Gasteiger partial charge in [0.15, 0.2) is 0 Å². The van der Waals surface area contributed by atoms with Crippen molar-refractivity contribution >= 4 is 5.82 Å². The fraction of sp³-hybridized carbons (Fsp3) is 0.778. The third-order valence-corrected chi connectivity index (χ3v) is 5.03. The van der Waals surface area contributed by atoms with Gasteiger partial charge >= 0.3 is 0 Å². The lowest BCUT2D eigenvalue weighted by Gasteiger charge is -2.26. The highest BCUT2D eigenvalue weighted by atomic mass is 15.2. The summed E-state index contributed by atoms with van der Waals surface area (Å²) < 4.78 is 0. The lowest BCUT2D eigenvalue weighted by molar-refractivity contribution is 0.287. The van der Waals surface area contributed by atoms with Crippen molar-refractivity contribution in [1.29, 1.82) is 0 Å². The zero-order chi connectivity index (χ0) is 15.5. The van der Waals surface area contributed by atoms with Crippen LogP contribution in [0.3, 0.4) is 0 Å². The minimum Gasteiger partial charge on any atom is -0.356 e. The van der Waals surface area contributed by atoms with E-state index < -0.39 is 0 Å². The van der Waals surface area contributed by atoms with E-state index in [-0.39, 0.29) is 0 Å². The van der Waals surface area contributed by atoms with E-state index in [4.69, 9.17) is 9.97 Å². The van der Waals surface area contributed by atoms with Crippen LogP contribution in [0.4, 0.5) is 5.82 Å². The van der Waals surface area contributed by atoms with Crippen molar-refractivity contribution in [2.24, 2.45) is 5.92 Å². The van der Waals surface area contributed by atoms with Gasteiger partial charge in [0.2, 0.25) is 0 Å². The van der Waals surface area contributed by atoms with E-state index >= 15 is 0 Å². The molecule has 0 spiro atoms. The Morgan fingerprint density at radius 1 is 1.23 bits per heavy atom. The largest absolute Gasteiger partial charge is 0.356 e. The van der Waals surface area contributed by atoms with E-state index in [0.717, 1.165) is 31.3 Å². The van der Waals surface area contributed by atoms with Gasteiger partial charge in [0, 0.05) is 30.9 Å². The molecule has 0 radical (unpaired) electrons. The Morgan fingerprint density at radius 3 is 2.86 bits per heavy atom. The van der Waals surface area contributed by atoms with E-state index in [0.29, 0.717) is 0 Å². The van der Waals surface area contributed by atoms with Crippen LogP contribution in [0.25, 0.3) is 0 Å². The van der Waals surface area contributed by atoms with Crippen LogP contribution in [-0.4, -0.2) is 48.1 Å². The van der Waals surface area contributed by atoms with Crippen LogP contribution in [0.5, 0.6) is 0 Å². The Morgan fingerprint density at radius 2 is 2.05 bits per heavy atom. The Labute approximate surface area is 134 Å². The summed E-state index contributed by atoms with van der Waals surface area (Å²) in [5, 5.41) is 0. The molecule has 1 aliphatic carbocycles. The normalized spacial score (nSPS) is 21.5. The fourth-order valence-corrected chi connectivity index (χ4v) is 4.04. The van der Waals surface area contributed by atoms with Gasteiger partial charge in [-0.1, -0.05) is 6.92 Å². The number of rotatable bonds is 5. The van der Waals surface area contributed by atoms with E-state index in [9.17, 15) is 0 Å². The van der Waals surface area contributed by atoms with Gasteiger partial charge in [0.05, 0.1) is 0 Å². The SMILES string of the molecule is CCCN(C)CC1CCN(c2nc(C)nc3c2CCCC3)C1. The van der Waals surface area contributed by atoms with E-state index in [1.807, 2.05) is 6.92 Å². The lowest BCUT2D eigenvalue weighted by atomic mass is 9.96. The predicted molar refractivity (Wildman–Crippen MR) is 91.5 cm³/mol. The molecule has 0 saturated carbocycles. The molecule has 0 bridgehead atoms. The van der Waals surface area contributed by atoms with E-state index in [1.165, 1.54) is 62.3 Å². The number of anilines is 1. The van der Waals surface area contributed by atoms with Crippen molar-refractivity contribution < 1.29 is 0 Å². The second-order valence-electron chi connectivity index (χ2n) is 7.09. The molecular formula is C18H30N4. The summed E-state index contributed by atoms with van der Waals surface area (Å²) >= 11 is 0. The lowest BCUT2D eigenvalue weighted by Crippen LogP contribution is -2.30. The van der Waals surface area contributed by atoms with Crippen LogP contribution in [0.15, 0.2) is 0 Å². The second-order valence-corrected chi connectivity index (χ2v) is 7.09. The van der Waals surface area contributed by atoms with Gasteiger partial charge in [0.1, 0.15) is 11.6 Å². The van der Waals surface area contributed by atoms with E-state index in [1.54, 1.807) is 0 Å². The molecule has 122 valence electrons. The molecule has 2 aliphatic rings. The Kier molecular flexibility index (Phi) is 4.97. The average Bonchev–Trinajstić information content (AvgIpc) is 2.94. The van der Waals surface area contributed by atoms with Crippen molar-refractivity contribution in [2.75, 3.05) is 38.1 Å². The number of aromatic nitrogens is 2. The summed E-state index contributed by atoms with van der Waals surface area (Å²) in [6, 6.07) is 0. The van der Waals surface area contributed by atoms with Crippen LogP contribution < -0.4 is 4.90 Å². The van der Waals surface area contributed by atoms with Gasteiger partial charge in [0.25, 0.3) is 0 Å². The summed E-state index contributed by atoms with van der Waals surface area (Å²) in [6.07, 6.45) is 7.43. The molecule has 3 rings (SSSR count). The summed E-state index contributed by atoms with van der Waals surface area (Å²) in [5.74, 6) is 2.98. The molecule has 1 atom stereocenters. The molecule has 1 aliphatic heterocycles. The monoisotopic (exact) mass is 302 g/mol. The molecule has 1 saturated heterocycles. The van der Waals surface area contributed by atoms with Crippen molar-refractivity contribution in [3.8, 4) is 0 Å². The first-order valence-corrected chi connectivity index (χ1v) is 8.97. The number of hydrogen-bond acceptors (Lipinski definition) is 4. The topological polar surface area (TPSA) is 32.3 Å². The van der Waals surface area contributed by atoms with Crippen LogP contribution in [-0.2, 0) is 12.8 Å². The van der Waals surface area contributed by atoms with Crippen LogP contribution >= 0.6 is 0 Å². The fourth-order valence-electron chi connectivity index (χ4n) is 4.04. The molecular weight excluding hydrogens is 272 g/mol. The molecule has 1 unspecified atom stereocenters. The summed E-state index contributed by atoms with van der Waals surface area (Å²) in [7, 11) is 2.25. The average molecular weight is 302 g/mol. The highest BCUT2D eigenvalue weighted by Crippen LogP contribution is 2.31. The van der Waals surface area contributed by atoms with Crippen molar-refractivity contribution in [3.63, 3.8) is 0 Å². The maximum atomic E-state index is 4.82. The summed E-state index contributed by atoms with van der Waals surface area (Å²) in [6.45, 7) is 9.05. The number of aryl methyl sites for hydroxylation is 2. The third-order valence-electron chi connectivity index (χ3n) is 5.03. The number of hydrogen-bond donors (Lipinski definition) is 0. The van der Waals surface area contributed by atoms with Gasteiger partial charge in [-0.3, -0.25) is 0 Å². The molecule has 1 fully saturated rings. The first-order chi connectivity index (χ1) is 10.7. The van der Waals surface area contributed by atoms with Crippen molar-refractivity contribution in [1.82, 2.24) is 14.9 Å². The molecule has 2 heterocycles. The minimum absolute atomic E-state index is 0.783. The Balaban J connectivity index is 1.72. The summed E-state index contributed by atoms with van der Waals surface area (Å²) in [5.41, 5.74) is 2.76. The highest BCUT2D eigenvalue weighted by Gasteiger charge is 2.28. The first-order valence-electron chi connectivity index (χ1n) is 8.97. The van der Waals surface area contributed by atoms with Crippen molar-refractivity contribution in [3.05, 3.63) is 17.1 Å². The molecule has 1 aromatic heterocycles. The number of fused-ring (bicyclic) bond motifs is 1. The minimum atomic E-state index is 0.783. The van der Waals surface area contributed by atoms with E-state index in [2.05, 4.69) is 23.8 Å². The molecule has 1 aromatic rings. The van der Waals surface area contributed by atoms with Crippen molar-refractivity contribution in [2.45, 2.75) is 52.4 Å². The maximum absolute atomic E-state index is 4.82. The molecule has 0 N–H and O–H groups in total. The Hall–Kier alpha value is -1.16. The number of nitrogens with zero attached hydrogens (tertiary/aromatic N) is 4. The van der Waals surface area contributed by atoms with Crippen LogP contribution in [0.1, 0.15) is 49.7 Å². The second kappa shape index (κ2) is 6.95. The van der Waals surface area contributed by atoms with Gasteiger partial charge in [-0.2, -0.15) is 0 Å². The first kappa shape index (κ1) is 15.7. The van der Waals surface area contributed by atoms with Gasteiger partial charge < -0.3 is 9.80 Å².